The van der Waals surface area contributed by atoms with Crippen molar-refractivity contribution in [1.29, 1.82) is 0 Å². The predicted octanol–water partition coefficient (Wildman–Crippen LogP) is 4.49. The van der Waals surface area contributed by atoms with Crippen LogP contribution in [0.5, 0.6) is 0 Å². The summed E-state index contributed by atoms with van der Waals surface area (Å²) in [4.78, 5) is 25.2. The summed E-state index contributed by atoms with van der Waals surface area (Å²) in [5.41, 5.74) is 2.56. The topological polar surface area (TPSA) is 39.7 Å². The van der Waals surface area contributed by atoms with E-state index in [4.69, 9.17) is 16.6 Å². The number of thiophene rings is 1. The van der Waals surface area contributed by atoms with Gasteiger partial charge in [-0.3, -0.25) is 4.79 Å². The molecule has 0 unspecified atom stereocenters. The third-order valence-electron chi connectivity index (χ3n) is 5.06. The van der Waals surface area contributed by atoms with Crippen LogP contribution in [0.4, 0.5) is 11.5 Å². The van der Waals surface area contributed by atoms with Gasteiger partial charge in [-0.15, -0.1) is 11.3 Å². The lowest BCUT2D eigenvalue weighted by molar-refractivity contribution is 0.0747. The average molecular weight is 427 g/mol. The number of halogens is 1. The van der Waals surface area contributed by atoms with Crippen molar-refractivity contribution in [2.75, 3.05) is 50.1 Å². The molecule has 0 N–H and O–H groups in total. The molecule has 0 atom stereocenters. The van der Waals surface area contributed by atoms with Crippen LogP contribution < -0.4 is 9.80 Å². The van der Waals surface area contributed by atoms with Gasteiger partial charge in [0.2, 0.25) is 0 Å². The van der Waals surface area contributed by atoms with Gasteiger partial charge in [0.25, 0.3) is 5.91 Å². The molecule has 1 saturated heterocycles. The van der Waals surface area contributed by atoms with E-state index in [1.807, 2.05) is 77.8 Å². The molecule has 3 aromatic rings. The summed E-state index contributed by atoms with van der Waals surface area (Å²) in [6.07, 6.45) is 0. The number of pyridine rings is 1. The van der Waals surface area contributed by atoms with Gasteiger partial charge < -0.3 is 14.7 Å². The van der Waals surface area contributed by atoms with Gasteiger partial charge >= 0.3 is 0 Å². The first kappa shape index (κ1) is 19.7. The Balaban J connectivity index is 1.52. The molecule has 1 aromatic carbocycles. The Hall–Kier alpha value is -2.57. The van der Waals surface area contributed by atoms with Crippen molar-refractivity contribution >= 4 is 40.4 Å². The smallest absolute Gasteiger partial charge is 0.257 e. The third-order valence-corrected chi connectivity index (χ3v) is 6.27. The number of carbonyl (C=O) groups excluding carboxylic acids is 1. The van der Waals surface area contributed by atoms with Crippen LogP contribution in [0, 0.1) is 0 Å². The zero-order valence-electron chi connectivity index (χ0n) is 16.5. The molecule has 0 bridgehead atoms. The van der Waals surface area contributed by atoms with Gasteiger partial charge in [0.15, 0.2) is 0 Å². The molecule has 3 heterocycles. The van der Waals surface area contributed by atoms with Crippen LogP contribution in [0.2, 0.25) is 5.02 Å². The molecule has 0 saturated carbocycles. The van der Waals surface area contributed by atoms with Gasteiger partial charge in [-0.1, -0.05) is 29.8 Å². The molecule has 1 fully saturated rings. The first-order valence-corrected chi connectivity index (χ1v) is 10.8. The summed E-state index contributed by atoms with van der Waals surface area (Å²) in [7, 11) is 3.85. The molecule has 1 aliphatic heterocycles. The monoisotopic (exact) mass is 426 g/mol. The molecule has 0 radical (unpaired) electrons. The number of piperazine rings is 1. The van der Waals surface area contributed by atoms with E-state index in [9.17, 15) is 4.79 Å². The maximum atomic E-state index is 13.3. The van der Waals surface area contributed by atoms with Crippen LogP contribution in [0.1, 0.15) is 10.4 Å². The van der Waals surface area contributed by atoms with E-state index in [0.29, 0.717) is 24.5 Å². The van der Waals surface area contributed by atoms with E-state index in [-0.39, 0.29) is 5.91 Å². The van der Waals surface area contributed by atoms with Crippen molar-refractivity contribution < 1.29 is 4.79 Å². The minimum atomic E-state index is 0.0257. The van der Waals surface area contributed by atoms with Gasteiger partial charge in [-0.05, 0) is 35.7 Å². The summed E-state index contributed by atoms with van der Waals surface area (Å²) in [6, 6.07) is 15.7. The predicted molar refractivity (Wildman–Crippen MR) is 121 cm³/mol. The fraction of sp³-hybridized carbons (Fsp3) is 0.273. The Morgan fingerprint density at radius 2 is 1.79 bits per heavy atom. The van der Waals surface area contributed by atoms with Crippen molar-refractivity contribution in [3.05, 3.63) is 64.5 Å². The number of rotatable bonds is 4. The van der Waals surface area contributed by atoms with Crippen LogP contribution >= 0.6 is 22.9 Å². The van der Waals surface area contributed by atoms with Crippen molar-refractivity contribution in [3.63, 3.8) is 0 Å². The number of aromatic nitrogens is 1. The summed E-state index contributed by atoms with van der Waals surface area (Å²) < 4.78 is 0. The van der Waals surface area contributed by atoms with Gasteiger partial charge in [0.1, 0.15) is 5.82 Å². The van der Waals surface area contributed by atoms with Crippen LogP contribution in [-0.4, -0.2) is 56.1 Å². The number of anilines is 2. The zero-order valence-corrected chi connectivity index (χ0v) is 18.1. The van der Waals surface area contributed by atoms with Gasteiger partial charge in [-0.25, -0.2) is 4.98 Å². The Kier molecular flexibility index (Phi) is 5.74. The Labute approximate surface area is 180 Å². The van der Waals surface area contributed by atoms with Crippen molar-refractivity contribution in [3.8, 4) is 10.6 Å². The fourth-order valence-corrected chi connectivity index (χ4v) is 4.50. The summed E-state index contributed by atoms with van der Waals surface area (Å²) >= 11 is 7.98. The molecular formula is C22H23ClN4OS. The molecule has 2 aromatic heterocycles. The summed E-state index contributed by atoms with van der Waals surface area (Å²) in [5, 5.41) is 2.78. The molecule has 5 nitrogen and oxygen atoms in total. The molecule has 7 heteroatoms. The maximum Gasteiger partial charge on any atom is 0.257 e. The van der Waals surface area contributed by atoms with E-state index in [1.54, 1.807) is 11.3 Å². The van der Waals surface area contributed by atoms with Gasteiger partial charge in [-0.2, -0.15) is 0 Å². The van der Waals surface area contributed by atoms with E-state index in [1.165, 1.54) is 0 Å². The summed E-state index contributed by atoms with van der Waals surface area (Å²) in [6.45, 7) is 2.83. The number of para-hydroxylation sites is 1. The normalized spacial score (nSPS) is 14.2. The minimum absolute atomic E-state index is 0.0257. The van der Waals surface area contributed by atoms with Crippen LogP contribution in [-0.2, 0) is 0 Å². The zero-order chi connectivity index (χ0) is 20.4. The van der Waals surface area contributed by atoms with Crippen LogP contribution in [0.25, 0.3) is 10.6 Å². The van der Waals surface area contributed by atoms with Crippen molar-refractivity contribution in [2.45, 2.75) is 0 Å². The maximum absolute atomic E-state index is 13.3. The van der Waals surface area contributed by atoms with E-state index < -0.39 is 0 Å². The Bertz CT molecular complexity index is 998. The molecular weight excluding hydrogens is 404 g/mol. The first-order chi connectivity index (χ1) is 14.0. The quantitative estimate of drug-likeness (QED) is 0.616. The van der Waals surface area contributed by atoms with E-state index in [0.717, 1.165) is 34.4 Å². The number of benzene rings is 1. The van der Waals surface area contributed by atoms with Gasteiger partial charge in [0.05, 0.1) is 26.8 Å². The molecule has 29 heavy (non-hydrogen) atoms. The minimum Gasteiger partial charge on any atom is -0.367 e. The number of carbonyl (C=O) groups is 1. The van der Waals surface area contributed by atoms with Crippen LogP contribution in [0.15, 0.2) is 53.9 Å². The lowest BCUT2D eigenvalue weighted by atomic mass is 10.1. The SMILES string of the molecule is CN(C)c1nc(-c2cccs2)ccc1C(=O)N1CCN(c2ccccc2Cl)CC1. The molecule has 0 aliphatic carbocycles. The van der Waals surface area contributed by atoms with E-state index >= 15 is 0 Å². The van der Waals surface area contributed by atoms with E-state index in [2.05, 4.69) is 4.90 Å². The van der Waals surface area contributed by atoms with Gasteiger partial charge in [0, 0.05) is 40.3 Å². The number of amides is 1. The highest BCUT2D eigenvalue weighted by atomic mass is 35.5. The number of hydrogen-bond donors (Lipinski definition) is 0. The third kappa shape index (κ3) is 4.09. The lowest BCUT2D eigenvalue weighted by Gasteiger charge is -2.36. The van der Waals surface area contributed by atoms with Crippen LogP contribution in [0.3, 0.4) is 0 Å². The number of nitrogens with zero attached hydrogens (tertiary/aromatic N) is 4. The van der Waals surface area contributed by atoms with Crippen molar-refractivity contribution in [2.24, 2.45) is 0 Å². The highest BCUT2D eigenvalue weighted by Gasteiger charge is 2.26. The Morgan fingerprint density at radius 1 is 1.03 bits per heavy atom. The molecule has 4 rings (SSSR count). The standard InChI is InChI=1S/C22H23ClN4OS/c1-25(2)21-16(9-10-18(24-21)20-8-5-15-29-20)22(28)27-13-11-26(12-14-27)19-7-4-3-6-17(19)23/h3-10,15H,11-14H2,1-2H3. The fourth-order valence-electron chi connectivity index (χ4n) is 3.55. The second kappa shape index (κ2) is 8.43. The second-order valence-electron chi connectivity index (χ2n) is 7.17. The molecule has 0 spiro atoms. The highest BCUT2D eigenvalue weighted by Crippen LogP contribution is 2.29. The average Bonchev–Trinajstić information content (AvgIpc) is 3.28. The number of hydrogen-bond acceptors (Lipinski definition) is 5. The molecule has 150 valence electrons. The highest BCUT2D eigenvalue weighted by molar-refractivity contribution is 7.13. The second-order valence-corrected chi connectivity index (χ2v) is 8.52. The van der Waals surface area contributed by atoms with Crippen molar-refractivity contribution in [1.82, 2.24) is 9.88 Å². The Morgan fingerprint density at radius 3 is 2.45 bits per heavy atom. The lowest BCUT2D eigenvalue weighted by Crippen LogP contribution is -2.49. The molecule has 1 amide bonds. The summed E-state index contributed by atoms with van der Waals surface area (Å²) in [5.74, 6) is 0.729. The molecule has 1 aliphatic rings. The largest absolute Gasteiger partial charge is 0.367 e. The first-order valence-electron chi connectivity index (χ1n) is 9.55.